The van der Waals surface area contributed by atoms with E-state index in [-0.39, 0.29) is 29.9 Å². The van der Waals surface area contributed by atoms with Gasteiger partial charge in [0, 0.05) is 12.6 Å². The number of nitrogens with one attached hydrogen (secondary N) is 1. The summed E-state index contributed by atoms with van der Waals surface area (Å²) in [7, 11) is -2.30. The normalized spacial score (nSPS) is 12.6. The number of carbonyl (C=O) groups excluding carboxylic acids is 1. The monoisotopic (exact) mass is 432 g/mol. The largest absolute Gasteiger partial charge is 0.496 e. The molecule has 7 heteroatoms. The molecule has 0 aromatic heterocycles. The molecule has 0 spiro atoms. The first kappa shape index (κ1) is 23.9. The van der Waals surface area contributed by atoms with Crippen LogP contribution in [-0.2, 0) is 21.2 Å². The maximum Gasteiger partial charge on any atom is 0.243 e. The Morgan fingerprint density at radius 1 is 1.17 bits per heavy atom. The fourth-order valence-electron chi connectivity index (χ4n) is 3.33. The lowest BCUT2D eigenvalue weighted by atomic mass is 10.1. The number of aryl methyl sites for hydroxylation is 1. The second-order valence-corrected chi connectivity index (χ2v) is 9.40. The summed E-state index contributed by atoms with van der Waals surface area (Å²) < 4.78 is 33.2. The van der Waals surface area contributed by atoms with Crippen LogP contribution in [-0.4, -0.2) is 44.9 Å². The van der Waals surface area contributed by atoms with E-state index in [0.29, 0.717) is 12.2 Å². The number of hydrogen-bond acceptors (Lipinski definition) is 4. The average Bonchev–Trinajstić information content (AvgIpc) is 2.71. The number of sulfonamides is 1. The predicted octanol–water partition coefficient (Wildman–Crippen LogP) is 3.54. The van der Waals surface area contributed by atoms with Crippen molar-refractivity contribution in [1.82, 2.24) is 9.62 Å². The number of rotatable bonds is 11. The molecule has 0 radical (unpaired) electrons. The molecule has 6 nitrogen and oxygen atoms in total. The molecule has 1 amide bonds. The van der Waals surface area contributed by atoms with Crippen LogP contribution in [0.5, 0.6) is 5.75 Å². The van der Waals surface area contributed by atoms with Crippen molar-refractivity contribution >= 4 is 15.9 Å². The summed E-state index contributed by atoms with van der Waals surface area (Å²) in [4.78, 5) is 12.7. The highest BCUT2D eigenvalue weighted by molar-refractivity contribution is 7.89. The first-order valence-electron chi connectivity index (χ1n) is 10.3. The average molecular weight is 433 g/mol. The molecule has 2 aromatic carbocycles. The number of benzene rings is 2. The van der Waals surface area contributed by atoms with E-state index in [9.17, 15) is 13.2 Å². The maximum atomic E-state index is 13.4. The van der Waals surface area contributed by atoms with Gasteiger partial charge in [-0.3, -0.25) is 4.79 Å². The van der Waals surface area contributed by atoms with Crippen LogP contribution in [0.3, 0.4) is 0 Å². The molecule has 0 aliphatic rings. The molecular weight excluding hydrogens is 400 g/mol. The fraction of sp³-hybridized carbons (Fsp3) is 0.435. The molecule has 0 aliphatic heterocycles. The zero-order valence-corrected chi connectivity index (χ0v) is 19.0. The van der Waals surface area contributed by atoms with Gasteiger partial charge in [-0.2, -0.15) is 4.31 Å². The molecule has 2 aromatic rings. The summed E-state index contributed by atoms with van der Waals surface area (Å²) in [5, 5.41) is 2.90. The standard InChI is InChI=1S/C23H32N2O4S/c1-5-9-19(3)24-23(26)17-25(15-14-20-10-7-6-8-11-20)30(27,28)21-12-13-22(29-4)18(2)16-21/h6-8,10-13,16,19H,5,9,14-15,17H2,1-4H3,(H,24,26)/t19-/m0/s1. The van der Waals surface area contributed by atoms with Crippen LogP contribution < -0.4 is 10.1 Å². The van der Waals surface area contributed by atoms with Crippen molar-refractivity contribution in [2.75, 3.05) is 20.2 Å². The smallest absolute Gasteiger partial charge is 0.243 e. The van der Waals surface area contributed by atoms with Gasteiger partial charge in [0.05, 0.1) is 18.6 Å². The number of carbonyl (C=O) groups is 1. The van der Waals surface area contributed by atoms with Gasteiger partial charge in [0.25, 0.3) is 0 Å². The van der Waals surface area contributed by atoms with Gasteiger partial charge in [-0.1, -0.05) is 43.7 Å². The molecule has 0 aliphatic carbocycles. The molecule has 164 valence electrons. The Bertz CT molecular complexity index is 929. The second-order valence-electron chi connectivity index (χ2n) is 7.46. The minimum absolute atomic E-state index is 0.00408. The number of nitrogens with zero attached hydrogens (tertiary/aromatic N) is 1. The number of methoxy groups -OCH3 is 1. The lowest BCUT2D eigenvalue weighted by Gasteiger charge is -2.23. The Morgan fingerprint density at radius 3 is 2.47 bits per heavy atom. The van der Waals surface area contributed by atoms with E-state index in [0.717, 1.165) is 24.0 Å². The van der Waals surface area contributed by atoms with E-state index in [1.165, 1.54) is 10.4 Å². The van der Waals surface area contributed by atoms with Crippen LogP contribution in [0.15, 0.2) is 53.4 Å². The number of hydrogen-bond donors (Lipinski definition) is 1. The molecule has 1 N–H and O–H groups in total. The zero-order chi connectivity index (χ0) is 22.1. The van der Waals surface area contributed by atoms with Gasteiger partial charge >= 0.3 is 0 Å². The molecule has 0 saturated carbocycles. The van der Waals surface area contributed by atoms with E-state index in [1.807, 2.05) is 44.2 Å². The van der Waals surface area contributed by atoms with E-state index in [2.05, 4.69) is 5.32 Å². The van der Waals surface area contributed by atoms with Gasteiger partial charge < -0.3 is 10.1 Å². The van der Waals surface area contributed by atoms with Gasteiger partial charge in [0.1, 0.15) is 5.75 Å². The molecular formula is C23H32N2O4S. The van der Waals surface area contributed by atoms with Crippen molar-refractivity contribution < 1.29 is 17.9 Å². The SMILES string of the molecule is CCC[C@H](C)NC(=O)CN(CCc1ccccc1)S(=O)(=O)c1ccc(OC)c(C)c1. The summed E-state index contributed by atoms with van der Waals surface area (Å²) in [6.07, 6.45) is 2.32. The molecule has 2 rings (SSSR count). The Kier molecular flexibility index (Phi) is 8.87. The van der Waals surface area contributed by atoms with E-state index < -0.39 is 10.0 Å². The Morgan fingerprint density at radius 2 is 1.87 bits per heavy atom. The second kappa shape index (κ2) is 11.1. The number of ether oxygens (including phenoxy) is 1. The highest BCUT2D eigenvalue weighted by Gasteiger charge is 2.27. The van der Waals surface area contributed by atoms with Gasteiger partial charge in [-0.25, -0.2) is 8.42 Å². The molecule has 0 saturated heterocycles. The molecule has 30 heavy (non-hydrogen) atoms. The van der Waals surface area contributed by atoms with E-state index >= 15 is 0 Å². The van der Waals surface area contributed by atoms with Crippen molar-refractivity contribution in [2.45, 2.75) is 51.0 Å². The van der Waals surface area contributed by atoms with Crippen molar-refractivity contribution in [3.05, 3.63) is 59.7 Å². The third-order valence-corrected chi connectivity index (χ3v) is 6.79. The van der Waals surface area contributed by atoms with Crippen LogP contribution in [0.4, 0.5) is 0 Å². The Balaban J connectivity index is 2.26. The third-order valence-electron chi connectivity index (χ3n) is 4.95. The number of amides is 1. The van der Waals surface area contributed by atoms with E-state index in [4.69, 9.17) is 4.74 Å². The molecule has 0 heterocycles. The van der Waals surface area contributed by atoms with Gasteiger partial charge in [0.2, 0.25) is 15.9 Å². The van der Waals surface area contributed by atoms with Crippen LogP contribution >= 0.6 is 0 Å². The van der Waals surface area contributed by atoms with Gasteiger partial charge in [-0.05, 0) is 56.0 Å². The summed E-state index contributed by atoms with van der Waals surface area (Å²) in [6, 6.07) is 14.4. The highest BCUT2D eigenvalue weighted by atomic mass is 32.2. The molecule has 1 atom stereocenters. The lowest BCUT2D eigenvalue weighted by molar-refractivity contribution is -0.121. The van der Waals surface area contributed by atoms with Crippen molar-refractivity contribution in [1.29, 1.82) is 0 Å². The minimum Gasteiger partial charge on any atom is -0.496 e. The Labute approximate surface area is 180 Å². The van der Waals surface area contributed by atoms with Crippen molar-refractivity contribution in [3.8, 4) is 5.75 Å². The summed E-state index contributed by atoms with van der Waals surface area (Å²) >= 11 is 0. The van der Waals surface area contributed by atoms with Crippen LogP contribution in [0.1, 0.15) is 37.8 Å². The van der Waals surface area contributed by atoms with Crippen LogP contribution in [0, 0.1) is 6.92 Å². The molecule has 0 unspecified atom stereocenters. The third kappa shape index (κ3) is 6.57. The predicted molar refractivity (Wildman–Crippen MR) is 119 cm³/mol. The lowest BCUT2D eigenvalue weighted by Crippen LogP contribution is -2.44. The first-order valence-corrected chi connectivity index (χ1v) is 11.7. The van der Waals surface area contributed by atoms with E-state index in [1.54, 1.807) is 26.2 Å². The summed E-state index contributed by atoms with van der Waals surface area (Å²) in [5.74, 6) is 0.328. The topological polar surface area (TPSA) is 75.7 Å². The zero-order valence-electron chi connectivity index (χ0n) is 18.2. The molecule has 0 bridgehead atoms. The quantitative estimate of drug-likeness (QED) is 0.589. The Hall–Kier alpha value is -2.38. The van der Waals surface area contributed by atoms with Crippen molar-refractivity contribution in [2.24, 2.45) is 0 Å². The van der Waals surface area contributed by atoms with Crippen molar-refractivity contribution in [3.63, 3.8) is 0 Å². The maximum absolute atomic E-state index is 13.4. The van der Waals surface area contributed by atoms with Crippen LogP contribution in [0.25, 0.3) is 0 Å². The van der Waals surface area contributed by atoms with Gasteiger partial charge in [-0.15, -0.1) is 0 Å². The summed E-state index contributed by atoms with van der Waals surface area (Å²) in [5.41, 5.74) is 1.74. The first-order chi connectivity index (χ1) is 14.3. The summed E-state index contributed by atoms with van der Waals surface area (Å²) in [6.45, 7) is 5.77. The fourth-order valence-corrected chi connectivity index (χ4v) is 4.81. The van der Waals surface area contributed by atoms with Gasteiger partial charge in [0.15, 0.2) is 0 Å². The molecule has 0 fully saturated rings. The van der Waals surface area contributed by atoms with Crippen LogP contribution in [0.2, 0.25) is 0 Å². The minimum atomic E-state index is -3.84. The highest BCUT2D eigenvalue weighted by Crippen LogP contribution is 2.24.